The van der Waals surface area contributed by atoms with E-state index in [0.29, 0.717) is 16.9 Å². The molecule has 0 bridgehead atoms. The molecule has 2 atom stereocenters. The molecule has 0 aromatic heterocycles. The molecule has 2 aromatic rings. The zero-order valence-corrected chi connectivity index (χ0v) is 16.5. The Morgan fingerprint density at radius 1 is 1.00 bits per heavy atom. The third-order valence-electron chi connectivity index (χ3n) is 4.32. The number of nitrogens with one attached hydrogen (secondary N) is 2. The SMILES string of the molecule is CCC(C)C(N)C(=O)Nc1ccc(C(=O)Nc2ccc(OC)cc2)cc1.Cl. The van der Waals surface area contributed by atoms with E-state index in [2.05, 4.69) is 10.6 Å². The lowest BCUT2D eigenvalue weighted by Crippen LogP contribution is -2.40. The van der Waals surface area contributed by atoms with Crippen LogP contribution in [0.5, 0.6) is 5.75 Å². The van der Waals surface area contributed by atoms with Gasteiger partial charge in [-0.2, -0.15) is 0 Å². The highest BCUT2D eigenvalue weighted by atomic mass is 35.5. The lowest BCUT2D eigenvalue weighted by molar-refractivity contribution is -0.118. The fourth-order valence-corrected chi connectivity index (χ4v) is 2.32. The highest BCUT2D eigenvalue weighted by Crippen LogP contribution is 2.17. The smallest absolute Gasteiger partial charge is 0.255 e. The molecule has 146 valence electrons. The lowest BCUT2D eigenvalue weighted by atomic mass is 9.99. The number of carbonyl (C=O) groups excluding carboxylic acids is 2. The Morgan fingerprint density at radius 3 is 2.04 bits per heavy atom. The lowest BCUT2D eigenvalue weighted by Gasteiger charge is -2.17. The Morgan fingerprint density at radius 2 is 1.52 bits per heavy atom. The van der Waals surface area contributed by atoms with Crippen molar-refractivity contribution in [3.8, 4) is 5.75 Å². The first-order valence-electron chi connectivity index (χ1n) is 8.56. The van der Waals surface area contributed by atoms with Crippen molar-refractivity contribution >= 4 is 35.6 Å². The van der Waals surface area contributed by atoms with Crippen molar-refractivity contribution in [3.05, 3.63) is 54.1 Å². The predicted octanol–water partition coefficient (Wildman–Crippen LogP) is 3.68. The molecule has 0 heterocycles. The highest BCUT2D eigenvalue weighted by molar-refractivity contribution is 6.04. The van der Waals surface area contributed by atoms with E-state index in [1.165, 1.54) is 0 Å². The second kappa shape index (κ2) is 10.5. The third kappa shape index (κ3) is 6.27. The number of rotatable bonds is 7. The summed E-state index contributed by atoms with van der Waals surface area (Å²) in [4.78, 5) is 24.4. The van der Waals surface area contributed by atoms with Gasteiger partial charge in [0.1, 0.15) is 5.75 Å². The normalized spacial score (nSPS) is 12.3. The van der Waals surface area contributed by atoms with Gasteiger partial charge in [0.25, 0.3) is 5.91 Å². The summed E-state index contributed by atoms with van der Waals surface area (Å²) < 4.78 is 5.09. The van der Waals surface area contributed by atoms with Crippen LogP contribution in [0.3, 0.4) is 0 Å². The molecule has 4 N–H and O–H groups in total. The molecule has 2 amide bonds. The van der Waals surface area contributed by atoms with Gasteiger partial charge >= 0.3 is 0 Å². The number of halogens is 1. The van der Waals surface area contributed by atoms with E-state index in [4.69, 9.17) is 10.5 Å². The van der Waals surface area contributed by atoms with Gasteiger partial charge in [0.15, 0.2) is 0 Å². The van der Waals surface area contributed by atoms with Gasteiger partial charge < -0.3 is 21.1 Å². The molecular weight excluding hydrogens is 366 g/mol. The first-order chi connectivity index (χ1) is 12.4. The maximum absolute atomic E-state index is 12.3. The van der Waals surface area contributed by atoms with Gasteiger partial charge in [0.2, 0.25) is 5.91 Å². The molecule has 0 spiro atoms. The van der Waals surface area contributed by atoms with Crippen molar-refractivity contribution in [2.24, 2.45) is 11.7 Å². The Balaban J connectivity index is 0.00000364. The Hall–Kier alpha value is -2.57. The van der Waals surface area contributed by atoms with Crippen molar-refractivity contribution in [1.29, 1.82) is 0 Å². The predicted molar refractivity (Wildman–Crippen MR) is 111 cm³/mol. The molecule has 2 unspecified atom stereocenters. The number of benzene rings is 2. The standard InChI is InChI=1S/C20H25N3O3.ClH/c1-4-13(2)18(21)20(25)23-15-7-5-14(6-8-15)19(24)22-16-9-11-17(26-3)12-10-16;/h5-13,18H,4,21H2,1-3H3,(H,22,24)(H,23,25);1H. The van der Waals surface area contributed by atoms with Crippen LogP contribution in [0, 0.1) is 5.92 Å². The number of ether oxygens (including phenoxy) is 1. The van der Waals surface area contributed by atoms with E-state index in [1.807, 2.05) is 13.8 Å². The number of hydrogen-bond donors (Lipinski definition) is 3. The van der Waals surface area contributed by atoms with Crippen molar-refractivity contribution in [1.82, 2.24) is 0 Å². The second-order valence-electron chi connectivity index (χ2n) is 6.16. The van der Waals surface area contributed by atoms with E-state index in [0.717, 1.165) is 12.2 Å². The minimum atomic E-state index is -0.557. The Kier molecular flexibility index (Phi) is 8.78. The fraction of sp³-hybridized carbons (Fsp3) is 0.300. The van der Waals surface area contributed by atoms with Gasteiger partial charge in [0, 0.05) is 16.9 Å². The first-order valence-corrected chi connectivity index (χ1v) is 8.56. The van der Waals surface area contributed by atoms with Gasteiger partial charge in [-0.3, -0.25) is 9.59 Å². The van der Waals surface area contributed by atoms with Crippen LogP contribution in [-0.2, 0) is 4.79 Å². The minimum absolute atomic E-state index is 0. The Bertz CT molecular complexity index is 748. The van der Waals surface area contributed by atoms with Crippen molar-refractivity contribution in [2.45, 2.75) is 26.3 Å². The van der Waals surface area contributed by atoms with E-state index in [-0.39, 0.29) is 30.1 Å². The van der Waals surface area contributed by atoms with Crippen molar-refractivity contribution in [2.75, 3.05) is 17.7 Å². The first kappa shape index (κ1) is 22.5. The second-order valence-corrected chi connectivity index (χ2v) is 6.16. The molecular formula is C20H26ClN3O3. The van der Waals surface area contributed by atoms with Crippen LogP contribution in [0.15, 0.2) is 48.5 Å². The fourth-order valence-electron chi connectivity index (χ4n) is 2.32. The number of nitrogens with two attached hydrogens (primary N) is 1. The van der Waals surface area contributed by atoms with E-state index < -0.39 is 6.04 Å². The molecule has 0 saturated heterocycles. The van der Waals surface area contributed by atoms with Crippen molar-refractivity contribution < 1.29 is 14.3 Å². The summed E-state index contributed by atoms with van der Waals surface area (Å²) in [7, 11) is 1.59. The molecule has 0 aliphatic rings. The van der Waals surface area contributed by atoms with E-state index in [9.17, 15) is 9.59 Å². The van der Waals surface area contributed by atoms with Crippen LogP contribution in [0.2, 0.25) is 0 Å². The zero-order valence-electron chi connectivity index (χ0n) is 15.7. The quantitative estimate of drug-likeness (QED) is 0.671. The molecule has 7 heteroatoms. The van der Waals surface area contributed by atoms with E-state index >= 15 is 0 Å². The summed E-state index contributed by atoms with van der Waals surface area (Å²) in [6.07, 6.45) is 0.832. The van der Waals surface area contributed by atoms with Crippen LogP contribution in [0.4, 0.5) is 11.4 Å². The summed E-state index contributed by atoms with van der Waals surface area (Å²) in [5.41, 5.74) is 7.69. The summed E-state index contributed by atoms with van der Waals surface area (Å²) in [5.74, 6) is 0.363. The molecule has 27 heavy (non-hydrogen) atoms. The number of carbonyl (C=O) groups is 2. The summed E-state index contributed by atoms with van der Waals surface area (Å²) in [5, 5.41) is 5.58. The number of methoxy groups -OCH3 is 1. The molecule has 0 radical (unpaired) electrons. The molecule has 6 nitrogen and oxygen atoms in total. The largest absolute Gasteiger partial charge is 0.497 e. The number of anilines is 2. The maximum atomic E-state index is 12.3. The molecule has 0 fully saturated rings. The number of hydrogen-bond acceptors (Lipinski definition) is 4. The van der Waals surface area contributed by atoms with Gasteiger partial charge in [0.05, 0.1) is 13.2 Å². The van der Waals surface area contributed by atoms with Crippen LogP contribution < -0.4 is 21.1 Å². The van der Waals surface area contributed by atoms with Gasteiger partial charge in [-0.25, -0.2) is 0 Å². The molecule has 0 aliphatic heterocycles. The average molecular weight is 392 g/mol. The summed E-state index contributed by atoms with van der Waals surface area (Å²) in [6, 6.07) is 13.2. The van der Waals surface area contributed by atoms with E-state index in [1.54, 1.807) is 55.6 Å². The Labute approximate surface area is 165 Å². The van der Waals surface area contributed by atoms with Crippen LogP contribution in [-0.4, -0.2) is 25.0 Å². The monoisotopic (exact) mass is 391 g/mol. The van der Waals surface area contributed by atoms with Gasteiger partial charge in [-0.15, -0.1) is 12.4 Å². The number of amides is 2. The topological polar surface area (TPSA) is 93.5 Å². The van der Waals surface area contributed by atoms with Crippen LogP contribution in [0.25, 0.3) is 0 Å². The van der Waals surface area contributed by atoms with Gasteiger partial charge in [-0.1, -0.05) is 20.3 Å². The van der Waals surface area contributed by atoms with Gasteiger partial charge in [-0.05, 0) is 54.4 Å². The minimum Gasteiger partial charge on any atom is -0.497 e. The maximum Gasteiger partial charge on any atom is 0.255 e. The summed E-state index contributed by atoms with van der Waals surface area (Å²) >= 11 is 0. The third-order valence-corrected chi connectivity index (χ3v) is 4.32. The summed E-state index contributed by atoms with van der Waals surface area (Å²) in [6.45, 7) is 3.94. The zero-order chi connectivity index (χ0) is 19.1. The molecule has 2 aromatic carbocycles. The molecule has 0 aliphatic carbocycles. The molecule has 0 saturated carbocycles. The van der Waals surface area contributed by atoms with Crippen LogP contribution in [0.1, 0.15) is 30.6 Å². The molecule has 2 rings (SSSR count). The van der Waals surface area contributed by atoms with Crippen LogP contribution >= 0.6 is 12.4 Å². The van der Waals surface area contributed by atoms with Crippen molar-refractivity contribution in [3.63, 3.8) is 0 Å². The average Bonchev–Trinajstić information content (AvgIpc) is 2.67. The highest BCUT2D eigenvalue weighted by Gasteiger charge is 2.19.